The molecule has 0 fully saturated rings. The van der Waals surface area contributed by atoms with E-state index in [-0.39, 0.29) is 0 Å². The van der Waals surface area contributed by atoms with Gasteiger partial charge in [-0.2, -0.15) is 0 Å². The van der Waals surface area contributed by atoms with Crippen LogP contribution >= 0.6 is 0 Å². The second kappa shape index (κ2) is 7.84. The summed E-state index contributed by atoms with van der Waals surface area (Å²) in [5.41, 5.74) is 3.93. The summed E-state index contributed by atoms with van der Waals surface area (Å²) >= 11 is 0. The van der Waals surface area contributed by atoms with E-state index < -0.39 is 10.8 Å². The maximum atomic E-state index is 12.4. The third-order valence-corrected chi connectivity index (χ3v) is 4.79. The van der Waals surface area contributed by atoms with Gasteiger partial charge in [0.05, 0.1) is 0 Å². The van der Waals surface area contributed by atoms with Gasteiger partial charge in [-0.25, -0.2) is 9.97 Å². The lowest BCUT2D eigenvalue weighted by Gasteiger charge is -2.08. The van der Waals surface area contributed by atoms with E-state index in [4.69, 9.17) is 0 Å². The lowest BCUT2D eigenvalue weighted by molar-refractivity contribution is 0.682. The van der Waals surface area contributed by atoms with Gasteiger partial charge in [-0.1, -0.05) is 42.5 Å². The molecule has 0 radical (unpaired) electrons. The molecule has 5 heteroatoms. The van der Waals surface area contributed by atoms with Gasteiger partial charge in [-0.15, -0.1) is 0 Å². The minimum atomic E-state index is -0.939. The molecule has 0 bridgehead atoms. The maximum absolute atomic E-state index is 12.4. The number of benzene rings is 2. The molecule has 4 nitrogen and oxygen atoms in total. The molecule has 3 aromatic rings. The number of rotatable bonds is 6. The fraction of sp³-hybridized carbons (Fsp3) is 0.158. The summed E-state index contributed by atoms with van der Waals surface area (Å²) in [5, 5.41) is 3.19. The quantitative estimate of drug-likeness (QED) is 0.739. The molecule has 0 aliphatic rings. The molecule has 1 heterocycles. The van der Waals surface area contributed by atoms with Gasteiger partial charge < -0.3 is 5.32 Å². The molecule has 0 saturated heterocycles. The molecule has 0 unspecified atom stereocenters. The summed E-state index contributed by atoms with van der Waals surface area (Å²) in [6.45, 7) is 1.93. The van der Waals surface area contributed by atoms with Gasteiger partial charge in [0.15, 0.2) is 0 Å². The van der Waals surface area contributed by atoms with Gasteiger partial charge in [-0.3, -0.25) is 4.21 Å². The Labute approximate surface area is 144 Å². The van der Waals surface area contributed by atoms with Crippen LogP contribution in [-0.4, -0.2) is 14.2 Å². The van der Waals surface area contributed by atoms with Crippen molar-refractivity contribution in [2.75, 3.05) is 5.32 Å². The van der Waals surface area contributed by atoms with Crippen LogP contribution in [-0.2, 0) is 22.3 Å². The standard InChI is InChI=1S/C19H19N3OS/c1-15-10-11-20-19(21-15)22-18-9-5-8-17(12-18)14-24(23)13-16-6-3-2-4-7-16/h2-12H,13-14H2,1H3,(H,20,21,22)/t24-/m1/s1. The summed E-state index contributed by atoms with van der Waals surface area (Å²) in [6.07, 6.45) is 1.73. The molecule has 3 rings (SSSR count). The van der Waals surface area contributed by atoms with Crippen LogP contribution in [0.25, 0.3) is 0 Å². The molecule has 0 saturated carbocycles. The second-order valence-corrected chi connectivity index (χ2v) is 7.02. The van der Waals surface area contributed by atoms with E-state index in [1.54, 1.807) is 6.20 Å². The fourth-order valence-corrected chi connectivity index (χ4v) is 3.59. The minimum absolute atomic E-state index is 0.527. The first-order chi connectivity index (χ1) is 11.7. The van der Waals surface area contributed by atoms with Crippen molar-refractivity contribution in [2.45, 2.75) is 18.4 Å². The van der Waals surface area contributed by atoms with Gasteiger partial charge in [0, 0.05) is 39.9 Å². The van der Waals surface area contributed by atoms with E-state index in [0.29, 0.717) is 17.5 Å². The topological polar surface area (TPSA) is 54.9 Å². The van der Waals surface area contributed by atoms with Gasteiger partial charge in [0.2, 0.25) is 5.95 Å². The van der Waals surface area contributed by atoms with Gasteiger partial charge in [0.1, 0.15) is 0 Å². The van der Waals surface area contributed by atoms with Crippen LogP contribution in [0.1, 0.15) is 16.8 Å². The number of nitrogens with one attached hydrogen (secondary N) is 1. The molecule has 122 valence electrons. The van der Waals surface area contributed by atoms with Crippen molar-refractivity contribution in [1.82, 2.24) is 9.97 Å². The van der Waals surface area contributed by atoms with Crippen LogP contribution < -0.4 is 5.32 Å². The van der Waals surface area contributed by atoms with Crippen molar-refractivity contribution in [1.29, 1.82) is 0 Å². The second-order valence-electron chi connectivity index (χ2n) is 5.56. The lowest BCUT2D eigenvalue weighted by Crippen LogP contribution is -2.01. The zero-order chi connectivity index (χ0) is 16.8. The summed E-state index contributed by atoms with van der Waals surface area (Å²) in [6, 6.07) is 19.7. The summed E-state index contributed by atoms with van der Waals surface area (Å²) < 4.78 is 12.4. The largest absolute Gasteiger partial charge is 0.324 e. The molecule has 0 aliphatic heterocycles. The highest BCUT2D eigenvalue weighted by Crippen LogP contribution is 2.17. The van der Waals surface area contributed by atoms with E-state index >= 15 is 0 Å². The average molecular weight is 337 g/mol. The van der Waals surface area contributed by atoms with E-state index in [1.165, 1.54) is 0 Å². The number of nitrogens with zero attached hydrogens (tertiary/aromatic N) is 2. The molecule has 0 aliphatic carbocycles. The maximum Gasteiger partial charge on any atom is 0.227 e. The van der Waals surface area contributed by atoms with Crippen molar-refractivity contribution in [3.63, 3.8) is 0 Å². The van der Waals surface area contributed by atoms with E-state index in [0.717, 1.165) is 22.5 Å². The summed E-state index contributed by atoms with van der Waals surface area (Å²) in [4.78, 5) is 8.53. The van der Waals surface area contributed by atoms with Crippen LogP contribution in [0.15, 0.2) is 66.9 Å². The molecule has 24 heavy (non-hydrogen) atoms. The lowest BCUT2D eigenvalue weighted by atomic mass is 10.2. The highest BCUT2D eigenvalue weighted by molar-refractivity contribution is 7.83. The molecule has 0 spiro atoms. The Bertz CT molecular complexity index is 837. The van der Waals surface area contributed by atoms with Crippen LogP contribution in [0.2, 0.25) is 0 Å². The van der Waals surface area contributed by atoms with Crippen molar-refractivity contribution < 1.29 is 4.21 Å². The van der Waals surface area contributed by atoms with Gasteiger partial charge in [0.25, 0.3) is 0 Å². The average Bonchev–Trinajstić information content (AvgIpc) is 2.56. The normalized spacial score (nSPS) is 11.9. The molecule has 1 aromatic heterocycles. The minimum Gasteiger partial charge on any atom is -0.324 e. The number of anilines is 2. The van der Waals surface area contributed by atoms with Crippen molar-refractivity contribution >= 4 is 22.4 Å². The van der Waals surface area contributed by atoms with Crippen LogP contribution in [0, 0.1) is 6.92 Å². The third kappa shape index (κ3) is 4.73. The molecule has 1 N–H and O–H groups in total. The van der Waals surface area contributed by atoms with Gasteiger partial charge >= 0.3 is 0 Å². The van der Waals surface area contributed by atoms with Crippen molar-refractivity contribution in [3.05, 3.63) is 83.7 Å². The third-order valence-electron chi connectivity index (χ3n) is 3.48. The Kier molecular flexibility index (Phi) is 5.33. The zero-order valence-electron chi connectivity index (χ0n) is 13.5. The summed E-state index contributed by atoms with van der Waals surface area (Å²) in [7, 11) is -0.939. The fourth-order valence-electron chi connectivity index (χ4n) is 2.37. The molecule has 2 aromatic carbocycles. The molecular formula is C19H19N3OS. The number of hydrogen-bond donors (Lipinski definition) is 1. The monoisotopic (exact) mass is 337 g/mol. The zero-order valence-corrected chi connectivity index (χ0v) is 14.3. The number of hydrogen-bond acceptors (Lipinski definition) is 4. The molecule has 1 atom stereocenters. The SMILES string of the molecule is Cc1ccnc(Nc2cccc(C[S@](=O)Cc3ccccc3)c2)n1. The molecular weight excluding hydrogens is 318 g/mol. The predicted octanol–water partition coefficient (Wildman–Crippen LogP) is 3.98. The Morgan fingerprint density at radius 1 is 0.958 bits per heavy atom. The van der Waals surface area contributed by atoms with Crippen LogP contribution in [0.4, 0.5) is 11.6 Å². The van der Waals surface area contributed by atoms with E-state index in [1.807, 2.05) is 67.6 Å². The Hall–Kier alpha value is -2.53. The number of aryl methyl sites for hydroxylation is 1. The summed E-state index contributed by atoms with van der Waals surface area (Å²) in [5.74, 6) is 1.66. The first-order valence-corrected chi connectivity index (χ1v) is 9.22. The van der Waals surface area contributed by atoms with Gasteiger partial charge in [-0.05, 0) is 36.2 Å². The first-order valence-electron chi connectivity index (χ1n) is 7.73. The first kappa shape index (κ1) is 16.3. The van der Waals surface area contributed by atoms with E-state index in [2.05, 4.69) is 15.3 Å². The van der Waals surface area contributed by atoms with Crippen molar-refractivity contribution in [2.24, 2.45) is 0 Å². The molecule has 0 amide bonds. The Morgan fingerprint density at radius 3 is 2.50 bits per heavy atom. The highest BCUT2D eigenvalue weighted by atomic mass is 32.2. The predicted molar refractivity (Wildman–Crippen MR) is 98.5 cm³/mol. The Morgan fingerprint density at radius 2 is 1.71 bits per heavy atom. The van der Waals surface area contributed by atoms with Crippen LogP contribution in [0.5, 0.6) is 0 Å². The van der Waals surface area contributed by atoms with E-state index in [9.17, 15) is 4.21 Å². The smallest absolute Gasteiger partial charge is 0.227 e. The number of aromatic nitrogens is 2. The Balaban J connectivity index is 1.65. The highest BCUT2D eigenvalue weighted by Gasteiger charge is 2.05. The van der Waals surface area contributed by atoms with Crippen LogP contribution in [0.3, 0.4) is 0 Å². The van der Waals surface area contributed by atoms with Crippen molar-refractivity contribution in [3.8, 4) is 0 Å².